The molecule has 0 aliphatic carbocycles. The van der Waals surface area contributed by atoms with Gasteiger partial charge in [0.05, 0.1) is 25.0 Å². The predicted molar refractivity (Wildman–Crippen MR) is 70.6 cm³/mol. The zero-order valence-electron chi connectivity index (χ0n) is 10.2. The van der Waals surface area contributed by atoms with Crippen molar-refractivity contribution in [2.24, 2.45) is 0 Å². The van der Waals surface area contributed by atoms with E-state index < -0.39 is 0 Å². The molecule has 0 atom stereocenters. The van der Waals surface area contributed by atoms with Gasteiger partial charge in [-0.2, -0.15) is 0 Å². The lowest BCUT2D eigenvalue weighted by atomic mass is 10.3. The fourth-order valence-electron chi connectivity index (χ4n) is 1.88. The first kappa shape index (κ1) is 13.6. The van der Waals surface area contributed by atoms with Gasteiger partial charge in [-0.1, -0.05) is 0 Å². The van der Waals surface area contributed by atoms with E-state index in [-0.39, 0.29) is 5.91 Å². The fraction of sp³-hybridized carbons (Fsp3) is 0.583. The number of morpholine rings is 1. The smallest absolute Gasteiger partial charge is 0.255 e. The summed E-state index contributed by atoms with van der Waals surface area (Å²) in [5, 5.41) is 2.88. The molecule has 1 aromatic rings. The first-order valence-corrected chi connectivity index (χ1v) is 6.88. The zero-order chi connectivity index (χ0) is 12.8. The number of rotatable bonds is 5. The second kappa shape index (κ2) is 6.92. The lowest BCUT2D eigenvalue weighted by molar-refractivity contribution is 0.0374. The van der Waals surface area contributed by atoms with Gasteiger partial charge in [0.25, 0.3) is 5.91 Å². The molecular weight excluding hydrogens is 300 g/mol. The monoisotopic (exact) mass is 316 g/mol. The van der Waals surface area contributed by atoms with Crippen LogP contribution in [0, 0.1) is 0 Å². The highest BCUT2D eigenvalue weighted by Crippen LogP contribution is 2.16. The third-order valence-electron chi connectivity index (χ3n) is 2.90. The molecule has 2 rings (SSSR count). The molecule has 0 spiro atoms. The highest BCUT2D eigenvalue weighted by atomic mass is 79.9. The van der Waals surface area contributed by atoms with Crippen molar-refractivity contribution >= 4 is 21.8 Å². The lowest BCUT2D eigenvalue weighted by Gasteiger charge is -2.26. The van der Waals surface area contributed by atoms with E-state index in [0.717, 1.165) is 39.3 Å². The lowest BCUT2D eigenvalue weighted by Crippen LogP contribution is -2.38. The molecule has 0 bridgehead atoms. The molecule has 0 radical (unpaired) electrons. The molecule has 5 nitrogen and oxygen atoms in total. The van der Waals surface area contributed by atoms with E-state index in [0.29, 0.717) is 16.8 Å². The Hall–Kier alpha value is -0.850. The molecule has 0 aromatic carbocycles. The summed E-state index contributed by atoms with van der Waals surface area (Å²) in [6, 6.07) is 1.65. The summed E-state index contributed by atoms with van der Waals surface area (Å²) < 4.78 is 10.8. The second-order valence-corrected chi connectivity index (χ2v) is 4.89. The molecule has 1 aromatic heterocycles. The van der Waals surface area contributed by atoms with E-state index in [2.05, 4.69) is 26.1 Å². The third kappa shape index (κ3) is 3.83. The Labute approximate surface area is 115 Å². The van der Waals surface area contributed by atoms with Gasteiger partial charge >= 0.3 is 0 Å². The second-order valence-electron chi connectivity index (χ2n) is 4.17. The SMILES string of the molecule is O=C(NCCCN1CCOCC1)c1ccoc1Br. The van der Waals surface area contributed by atoms with Crippen LogP contribution in [0.25, 0.3) is 0 Å². The first-order chi connectivity index (χ1) is 8.77. The van der Waals surface area contributed by atoms with Gasteiger partial charge in [0, 0.05) is 19.6 Å². The van der Waals surface area contributed by atoms with Crippen LogP contribution in [0.5, 0.6) is 0 Å². The number of ether oxygens (including phenoxy) is 1. The molecule has 1 N–H and O–H groups in total. The molecule has 1 amide bonds. The topological polar surface area (TPSA) is 54.7 Å². The van der Waals surface area contributed by atoms with Gasteiger partial charge in [-0.05, 0) is 35.0 Å². The molecule has 1 fully saturated rings. The summed E-state index contributed by atoms with van der Waals surface area (Å²) >= 11 is 3.19. The van der Waals surface area contributed by atoms with Gasteiger partial charge in [0.1, 0.15) is 0 Å². The molecule has 6 heteroatoms. The summed E-state index contributed by atoms with van der Waals surface area (Å²) in [5.74, 6) is -0.0994. The number of hydrogen-bond acceptors (Lipinski definition) is 4. The van der Waals surface area contributed by atoms with Gasteiger partial charge in [0.15, 0.2) is 4.67 Å². The standard InChI is InChI=1S/C12H17BrN2O3/c13-11-10(2-7-18-11)12(16)14-3-1-4-15-5-8-17-9-6-15/h2,7H,1,3-6,8-9H2,(H,14,16). The van der Waals surface area contributed by atoms with Crippen LogP contribution < -0.4 is 5.32 Å². The van der Waals surface area contributed by atoms with Gasteiger partial charge in [-0.15, -0.1) is 0 Å². The van der Waals surface area contributed by atoms with Crippen molar-refractivity contribution < 1.29 is 13.9 Å². The summed E-state index contributed by atoms with van der Waals surface area (Å²) in [6.07, 6.45) is 2.44. The van der Waals surface area contributed by atoms with E-state index in [4.69, 9.17) is 9.15 Å². The highest BCUT2D eigenvalue weighted by molar-refractivity contribution is 9.10. The van der Waals surface area contributed by atoms with E-state index in [9.17, 15) is 4.79 Å². The quantitative estimate of drug-likeness (QED) is 0.836. The predicted octanol–water partition coefficient (Wildman–Crippen LogP) is 1.49. The van der Waals surface area contributed by atoms with Crippen LogP contribution in [0.2, 0.25) is 0 Å². The third-order valence-corrected chi connectivity index (χ3v) is 3.52. The molecular formula is C12H17BrN2O3. The van der Waals surface area contributed by atoms with Crippen LogP contribution in [-0.2, 0) is 4.74 Å². The minimum Gasteiger partial charge on any atom is -0.457 e. The van der Waals surface area contributed by atoms with Crippen molar-refractivity contribution in [2.45, 2.75) is 6.42 Å². The number of nitrogens with one attached hydrogen (secondary N) is 1. The number of carbonyl (C=O) groups is 1. The van der Waals surface area contributed by atoms with Gasteiger partial charge < -0.3 is 14.5 Å². The Balaban J connectivity index is 1.63. The number of hydrogen-bond donors (Lipinski definition) is 1. The minimum atomic E-state index is -0.0994. The zero-order valence-corrected chi connectivity index (χ0v) is 11.7. The van der Waals surface area contributed by atoms with Crippen molar-refractivity contribution in [3.05, 3.63) is 22.6 Å². The number of halogens is 1. The first-order valence-electron chi connectivity index (χ1n) is 6.08. The Bertz CT molecular complexity index is 388. The molecule has 0 saturated carbocycles. The Morgan fingerprint density at radius 2 is 2.22 bits per heavy atom. The normalized spacial score (nSPS) is 16.7. The minimum absolute atomic E-state index is 0.0994. The average molecular weight is 317 g/mol. The number of amides is 1. The molecule has 0 unspecified atom stereocenters. The number of carbonyl (C=O) groups excluding carboxylic acids is 1. The van der Waals surface area contributed by atoms with Crippen LogP contribution in [-0.4, -0.2) is 50.2 Å². The van der Waals surface area contributed by atoms with E-state index in [1.807, 2.05) is 0 Å². The van der Waals surface area contributed by atoms with Crippen molar-refractivity contribution in [1.82, 2.24) is 10.2 Å². The van der Waals surface area contributed by atoms with Crippen LogP contribution in [0.4, 0.5) is 0 Å². The molecule has 1 aliphatic heterocycles. The van der Waals surface area contributed by atoms with E-state index in [1.54, 1.807) is 6.07 Å². The van der Waals surface area contributed by atoms with Crippen molar-refractivity contribution in [1.29, 1.82) is 0 Å². The molecule has 1 saturated heterocycles. The van der Waals surface area contributed by atoms with Gasteiger partial charge in [0.2, 0.25) is 0 Å². The van der Waals surface area contributed by atoms with Crippen LogP contribution in [0.15, 0.2) is 21.4 Å². The Morgan fingerprint density at radius 1 is 1.44 bits per heavy atom. The van der Waals surface area contributed by atoms with E-state index in [1.165, 1.54) is 6.26 Å². The largest absolute Gasteiger partial charge is 0.457 e. The summed E-state index contributed by atoms with van der Waals surface area (Å²) in [7, 11) is 0. The van der Waals surface area contributed by atoms with Crippen molar-refractivity contribution in [3.8, 4) is 0 Å². The van der Waals surface area contributed by atoms with Crippen molar-refractivity contribution in [3.63, 3.8) is 0 Å². The maximum atomic E-state index is 11.7. The number of furan rings is 1. The molecule has 100 valence electrons. The summed E-state index contributed by atoms with van der Waals surface area (Å²) in [5.41, 5.74) is 0.543. The molecule has 2 heterocycles. The van der Waals surface area contributed by atoms with E-state index >= 15 is 0 Å². The Kier molecular flexibility index (Phi) is 5.22. The fourth-order valence-corrected chi connectivity index (χ4v) is 2.30. The number of nitrogens with zero attached hydrogens (tertiary/aromatic N) is 1. The van der Waals surface area contributed by atoms with Crippen LogP contribution in [0.1, 0.15) is 16.8 Å². The maximum Gasteiger partial charge on any atom is 0.255 e. The van der Waals surface area contributed by atoms with Gasteiger partial charge in [-0.3, -0.25) is 9.69 Å². The van der Waals surface area contributed by atoms with Crippen LogP contribution in [0.3, 0.4) is 0 Å². The highest BCUT2D eigenvalue weighted by Gasteiger charge is 2.12. The maximum absolute atomic E-state index is 11.7. The summed E-state index contributed by atoms with van der Waals surface area (Å²) in [4.78, 5) is 14.1. The van der Waals surface area contributed by atoms with Gasteiger partial charge in [-0.25, -0.2) is 0 Å². The van der Waals surface area contributed by atoms with Crippen molar-refractivity contribution in [2.75, 3.05) is 39.4 Å². The average Bonchev–Trinajstić information content (AvgIpc) is 2.82. The summed E-state index contributed by atoms with van der Waals surface area (Å²) in [6.45, 7) is 5.27. The molecule has 1 aliphatic rings. The van der Waals surface area contributed by atoms with Crippen LogP contribution >= 0.6 is 15.9 Å². The molecule has 18 heavy (non-hydrogen) atoms. The Morgan fingerprint density at radius 3 is 2.89 bits per heavy atom.